The van der Waals surface area contributed by atoms with E-state index in [-0.39, 0.29) is 16.6 Å². The maximum Gasteiger partial charge on any atom is 0.303 e. The number of esters is 2. The molecular weight excluding hydrogens is 416 g/mol. The average Bonchev–Trinajstić information content (AvgIpc) is 2.59. The topological polar surface area (TPSA) is 78.9 Å². The molecule has 0 aromatic carbocycles. The van der Waals surface area contributed by atoms with Crippen LogP contribution in [0.25, 0.3) is 0 Å². The second kappa shape index (κ2) is 10.2. The molecule has 0 N–H and O–H groups in total. The van der Waals surface area contributed by atoms with E-state index in [2.05, 4.69) is 22.9 Å². The minimum absolute atomic E-state index is 0.0441. The molecule has 0 bridgehead atoms. The second-order valence-electron chi connectivity index (χ2n) is 7.19. The lowest BCUT2D eigenvalue weighted by Crippen LogP contribution is -2.45. The minimum Gasteiger partial charge on any atom is -0.489 e. The number of rotatable bonds is 8. The highest BCUT2D eigenvalue weighted by molar-refractivity contribution is 9.09. The van der Waals surface area contributed by atoms with E-state index in [4.69, 9.17) is 14.2 Å². The third-order valence-corrected chi connectivity index (χ3v) is 5.78. The molecule has 1 aliphatic carbocycles. The summed E-state index contributed by atoms with van der Waals surface area (Å²) in [5.41, 5.74) is 0.446. The van der Waals surface area contributed by atoms with Crippen LogP contribution in [0.3, 0.4) is 0 Å². The van der Waals surface area contributed by atoms with E-state index in [9.17, 15) is 14.4 Å². The van der Waals surface area contributed by atoms with E-state index < -0.39 is 24.3 Å². The predicted octanol–water partition coefficient (Wildman–Crippen LogP) is 3.99. The van der Waals surface area contributed by atoms with Crippen LogP contribution in [0.2, 0.25) is 0 Å². The quantitative estimate of drug-likeness (QED) is 0.319. The van der Waals surface area contributed by atoms with Crippen molar-refractivity contribution in [2.75, 3.05) is 0 Å². The van der Waals surface area contributed by atoms with E-state index in [0.717, 1.165) is 25.7 Å². The molecule has 1 unspecified atom stereocenters. The van der Waals surface area contributed by atoms with Crippen molar-refractivity contribution in [2.45, 2.75) is 95.3 Å². The Morgan fingerprint density at radius 1 is 1.22 bits per heavy atom. The summed E-state index contributed by atoms with van der Waals surface area (Å²) in [6, 6.07) is 0. The van der Waals surface area contributed by atoms with Gasteiger partial charge in [-0.15, -0.1) is 0 Å². The van der Waals surface area contributed by atoms with Crippen molar-refractivity contribution in [1.29, 1.82) is 0 Å². The first kappa shape index (κ1) is 21.9. The van der Waals surface area contributed by atoms with Crippen LogP contribution in [0.5, 0.6) is 0 Å². The van der Waals surface area contributed by atoms with Gasteiger partial charge in [-0.1, -0.05) is 42.1 Å². The summed E-state index contributed by atoms with van der Waals surface area (Å²) in [6.45, 7) is 4.85. The SMILES string of the molecule is CCCCCC[C@H](OC(C)=O)[C@@H]1C[C@@H](OC(C)=O)C2=C(O1)C(Br)CCC2=O. The number of unbranched alkanes of at least 4 members (excludes halogenated alkanes) is 3. The van der Waals surface area contributed by atoms with Gasteiger partial charge in [0.05, 0.1) is 10.4 Å². The molecule has 0 radical (unpaired) electrons. The predicted molar refractivity (Wildman–Crippen MR) is 103 cm³/mol. The molecule has 0 spiro atoms. The standard InChI is InChI=1S/C20H29BrO6/c1-4-5-6-7-8-16(25-12(2)22)17-11-18(26-13(3)23)19-15(24)10-9-14(21)20(19)27-17/h14,16-18H,4-11H2,1-3H3/t14?,16-,17-,18+/m0/s1. The molecule has 27 heavy (non-hydrogen) atoms. The molecule has 2 aliphatic rings. The van der Waals surface area contributed by atoms with Crippen LogP contribution in [0.15, 0.2) is 11.3 Å². The monoisotopic (exact) mass is 444 g/mol. The normalized spacial score (nSPS) is 26.1. The molecule has 152 valence electrons. The second-order valence-corrected chi connectivity index (χ2v) is 8.30. The Morgan fingerprint density at radius 3 is 2.59 bits per heavy atom. The average molecular weight is 445 g/mol. The Bertz CT molecular complexity index is 599. The number of carbonyl (C=O) groups excluding carboxylic acids is 3. The lowest BCUT2D eigenvalue weighted by molar-refractivity contribution is -0.161. The number of allylic oxidation sites excluding steroid dienone is 1. The number of hydrogen-bond donors (Lipinski definition) is 0. The van der Waals surface area contributed by atoms with E-state index >= 15 is 0 Å². The number of ether oxygens (including phenoxy) is 3. The first-order valence-corrected chi connectivity index (χ1v) is 10.7. The zero-order chi connectivity index (χ0) is 20.0. The molecule has 0 aromatic heterocycles. The molecule has 1 aliphatic heterocycles. The van der Waals surface area contributed by atoms with Gasteiger partial charge in [-0.2, -0.15) is 0 Å². The summed E-state index contributed by atoms with van der Waals surface area (Å²) in [4.78, 5) is 35.5. The molecule has 0 saturated heterocycles. The number of Topliss-reactive ketones (excluding diaryl/α,β-unsaturated/α-hetero) is 1. The van der Waals surface area contributed by atoms with Crippen molar-refractivity contribution >= 4 is 33.7 Å². The molecule has 0 amide bonds. The van der Waals surface area contributed by atoms with Gasteiger partial charge >= 0.3 is 11.9 Å². The number of halogens is 1. The zero-order valence-electron chi connectivity index (χ0n) is 16.3. The Morgan fingerprint density at radius 2 is 1.96 bits per heavy atom. The third-order valence-electron chi connectivity index (χ3n) is 4.90. The number of hydrogen-bond acceptors (Lipinski definition) is 6. The van der Waals surface area contributed by atoms with Crippen molar-refractivity contribution < 1.29 is 28.6 Å². The van der Waals surface area contributed by atoms with E-state index in [1.54, 1.807) is 0 Å². The highest BCUT2D eigenvalue weighted by Gasteiger charge is 2.44. The molecule has 0 saturated carbocycles. The fourth-order valence-corrected chi connectivity index (χ4v) is 4.27. The van der Waals surface area contributed by atoms with Crippen LogP contribution >= 0.6 is 15.9 Å². The Labute approximate surface area is 169 Å². The number of alkyl halides is 1. The van der Waals surface area contributed by atoms with Gasteiger partial charge in [0.2, 0.25) is 0 Å². The first-order chi connectivity index (χ1) is 12.8. The van der Waals surface area contributed by atoms with E-state index in [1.807, 2.05) is 0 Å². The number of ketones is 1. The maximum absolute atomic E-state index is 12.4. The van der Waals surface area contributed by atoms with Crippen molar-refractivity contribution in [3.63, 3.8) is 0 Å². The lowest BCUT2D eigenvalue weighted by atomic mass is 9.86. The van der Waals surface area contributed by atoms with Crippen LogP contribution in [0.1, 0.15) is 72.1 Å². The van der Waals surface area contributed by atoms with Crippen molar-refractivity contribution in [3.05, 3.63) is 11.3 Å². The highest BCUT2D eigenvalue weighted by Crippen LogP contribution is 2.39. The molecule has 1 heterocycles. The maximum atomic E-state index is 12.4. The van der Waals surface area contributed by atoms with Crippen LogP contribution in [0.4, 0.5) is 0 Å². The van der Waals surface area contributed by atoms with E-state index in [0.29, 0.717) is 37.0 Å². The fraction of sp³-hybridized carbons (Fsp3) is 0.750. The van der Waals surface area contributed by atoms with Crippen LogP contribution < -0.4 is 0 Å². The zero-order valence-corrected chi connectivity index (χ0v) is 17.9. The van der Waals surface area contributed by atoms with Gasteiger partial charge in [0, 0.05) is 26.7 Å². The van der Waals surface area contributed by atoms with Gasteiger partial charge in [-0.05, 0) is 19.3 Å². The lowest BCUT2D eigenvalue weighted by Gasteiger charge is -2.39. The van der Waals surface area contributed by atoms with Gasteiger partial charge in [0.15, 0.2) is 5.78 Å². The van der Waals surface area contributed by atoms with Gasteiger partial charge in [-0.25, -0.2) is 0 Å². The highest BCUT2D eigenvalue weighted by atomic mass is 79.9. The van der Waals surface area contributed by atoms with Crippen molar-refractivity contribution in [1.82, 2.24) is 0 Å². The van der Waals surface area contributed by atoms with Gasteiger partial charge < -0.3 is 14.2 Å². The molecule has 6 nitrogen and oxygen atoms in total. The van der Waals surface area contributed by atoms with E-state index in [1.165, 1.54) is 13.8 Å². The first-order valence-electron chi connectivity index (χ1n) is 9.75. The summed E-state index contributed by atoms with van der Waals surface area (Å²) < 4.78 is 17.1. The summed E-state index contributed by atoms with van der Waals surface area (Å²) in [5.74, 6) is -0.321. The Kier molecular flexibility index (Phi) is 8.32. The molecule has 4 atom stereocenters. The largest absolute Gasteiger partial charge is 0.489 e. The molecule has 7 heteroatoms. The number of carbonyl (C=O) groups is 3. The van der Waals surface area contributed by atoms with Crippen molar-refractivity contribution in [2.24, 2.45) is 0 Å². The summed E-state index contributed by atoms with van der Waals surface area (Å²) in [6.07, 6.45) is 4.73. The van der Waals surface area contributed by atoms with Crippen LogP contribution in [0, 0.1) is 0 Å². The molecular formula is C20H29BrO6. The summed E-state index contributed by atoms with van der Waals surface area (Å²) in [5, 5.41) is 0. The Balaban J connectivity index is 2.22. The van der Waals surface area contributed by atoms with Gasteiger partial charge in [0.25, 0.3) is 0 Å². The summed E-state index contributed by atoms with van der Waals surface area (Å²) >= 11 is 3.57. The summed E-state index contributed by atoms with van der Waals surface area (Å²) in [7, 11) is 0. The van der Waals surface area contributed by atoms with Crippen molar-refractivity contribution in [3.8, 4) is 0 Å². The van der Waals surface area contributed by atoms with Gasteiger partial charge in [0.1, 0.15) is 24.1 Å². The smallest absolute Gasteiger partial charge is 0.303 e. The molecule has 2 rings (SSSR count). The van der Waals surface area contributed by atoms with Crippen LogP contribution in [-0.2, 0) is 28.6 Å². The molecule has 0 aromatic rings. The fourth-order valence-electron chi connectivity index (χ4n) is 3.69. The Hall–Kier alpha value is -1.37. The van der Waals surface area contributed by atoms with Gasteiger partial charge in [-0.3, -0.25) is 14.4 Å². The van der Waals surface area contributed by atoms with Crippen LogP contribution in [-0.4, -0.2) is 40.9 Å². The minimum atomic E-state index is -0.655. The third kappa shape index (κ3) is 6.06. The molecule has 0 fully saturated rings.